The van der Waals surface area contributed by atoms with Crippen LogP contribution in [0.1, 0.15) is 5.56 Å². The SMILES string of the molecule is COC(=O)CS(=O)(=O)N(CC(N)=O)Cc1ccccc1N. The summed E-state index contributed by atoms with van der Waals surface area (Å²) in [5.74, 6) is -2.63. The number of esters is 1. The van der Waals surface area contributed by atoms with Crippen molar-refractivity contribution in [2.75, 3.05) is 25.1 Å². The van der Waals surface area contributed by atoms with Crippen LogP contribution in [-0.4, -0.2) is 44.0 Å². The van der Waals surface area contributed by atoms with Crippen LogP contribution in [0.4, 0.5) is 5.69 Å². The summed E-state index contributed by atoms with van der Waals surface area (Å²) in [5, 5.41) is 0. The fraction of sp³-hybridized carbons (Fsp3) is 0.333. The quantitative estimate of drug-likeness (QED) is 0.493. The Labute approximate surface area is 122 Å². The van der Waals surface area contributed by atoms with Gasteiger partial charge in [-0.15, -0.1) is 0 Å². The number of anilines is 1. The molecule has 116 valence electrons. The molecule has 0 aromatic heterocycles. The van der Waals surface area contributed by atoms with E-state index >= 15 is 0 Å². The Kier molecular flexibility index (Phi) is 5.68. The number of ether oxygens (including phenoxy) is 1. The molecule has 0 aliphatic carbocycles. The molecule has 0 fully saturated rings. The van der Waals surface area contributed by atoms with Crippen molar-refractivity contribution < 1.29 is 22.7 Å². The van der Waals surface area contributed by atoms with Crippen LogP contribution >= 0.6 is 0 Å². The van der Waals surface area contributed by atoms with Crippen molar-refractivity contribution in [2.24, 2.45) is 5.73 Å². The topological polar surface area (TPSA) is 133 Å². The number of nitrogens with two attached hydrogens (primary N) is 2. The number of primary amides is 1. The highest BCUT2D eigenvalue weighted by molar-refractivity contribution is 7.89. The Morgan fingerprint density at radius 3 is 2.43 bits per heavy atom. The van der Waals surface area contributed by atoms with Crippen LogP contribution in [0.15, 0.2) is 24.3 Å². The summed E-state index contributed by atoms with van der Waals surface area (Å²) >= 11 is 0. The molecule has 1 amide bonds. The number of nitrogens with zero attached hydrogens (tertiary/aromatic N) is 1. The molecule has 4 N–H and O–H groups in total. The van der Waals surface area contributed by atoms with Crippen LogP contribution in [0.2, 0.25) is 0 Å². The van der Waals surface area contributed by atoms with Crippen molar-refractivity contribution in [1.82, 2.24) is 4.31 Å². The second-order valence-electron chi connectivity index (χ2n) is 4.27. The highest BCUT2D eigenvalue weighted by atomic mass is 32.2. The van der Waals surface area contributed by atoms with Crippen molar-refractivity contribution in [3.63, 3.8) is 0 Å². The maximum absolute atomic E-state index is 12.1. The normalized spacial score (nSPS) is 11.3. The van der Waals surface area contributed by atoms with Gasteiger partial charge in [-0.3, -0.25) is 9.59 Å². The maximum Gasteiger partial charge on any atom is 0.322 e. The lowest BCUT2D eigenvalue weighted by atomic mass is 10.2. The molecule has 1 rings (SSSR count). The summed E-state index contributed by atoms with van der Waals surface area (Å²) in [7, 11) is -2.97. The molecule has 0 spiro atoms. The average Bonchev–Trinajstić information content (AvgIpc) is 2.39. The van der Waals surface area contributed by atoms with Gasteiger partial charge in [0.1, 0.15) is 0 Å². The number of carbonyl (C=O) groups is 2. The second-order valence-corrected chi connectivity index (χ2v) is 6.23. The number of carbonyl (C=O) groups excluding carboxylic acids is 2. The molecule has 0 radical (unpaired) electrons. The van der Waals surface area contributed by atoms with E-state index in [1.807, 2.05) is 0 Å². The molecular formula is C12H17N3O5S. The minimum Gasteiger partial charge on any atom is -0.468 e. The van der Waals surface area contributed by atoms with Gasteiger partial charge in [0.25, 0.3) is 0 Å². The fourth-order valence-corrected chi connectivity index (χ4v) is 2.85. The molecule has 0 atom stereocenters. The molecule has 0 bridgehead atoms. The predicted octanol–water partition coefficient (Wildman–Crippen LogP) is -0.941. The molecule has 1 aromatic carbocycles. The minimum atomic E-state index is -4.04. The third kappa shape index (κ3) is 5.04. The molecule has 0 aliphatic rings. The highest BCUT2D eigenvalue weighted by Gasteiger charge is 2.27. The number of benzene rings is 1. The molecule has 0 saturated heterocycles. The van der Waals surface area contributed by atoms with E-state index in [1.54, 1.807) is 24.3 Å². The zero-order chi connectivity index (χ0) is 16.0. The molecule has 21 heavy (non-hydrogen) atoms. The maximum atomic E-state index is 12.1. The number of rotatable bonds is 7. The first-order valence-corrected chi connectivity index (χ1v) is 7.53. The van der Waals surface area contributed by atoms with Crippen LogP contribution < -0.4 is 11.5 Å². The van der Waals surface area contributed by atoms with E-state index < -0.39 is 34.2 Å². The van der Waals surface area contributed by atoms with E-state index in [9.17, 15) is 18.0 Å². The van der Waals surface area contributed by atoms with Gasteiger partial charge < -0.3 is 16.2 Å². The third-order valence-corrected chi connectivity index (χ3v) is 4.30. The van der Waals surface area contributed by atoms with Gasteiger partial charge in [-0.2, -0.15) is 4.31 Å². The summed E-state index contributed by atoms with van der Waals surface area (Å²) in [6.45, 7) is -0.706. The molecular weight excluding hydrogens is 298 g/mol. The van der Waals surface area contributed by atoms with Crippen molar-refractivity contribution in [2.45, 2.75) is 6.54 Å². The monoisotopic (exact) mass is 315 g/mol. The lowest BCUT2D eigenvalue weighted by Gasteiger charge is -2.21. The van der Waals surface area contributed by atoms with Crippen LogP contribution in [0.25, 0.3) is 0 Å². The smallest absolute Gasteiger partial charge is 0.322 e. The Hall–Kier alpha value is -2.13. The zero-order valence-electron chi connectivity index (χ0n) is 11.5. The van der Waals surface area contributed by atoms with Gasteiger partial charge in [0.15, 0.2) is 5.75 Å². The van der Waals surface area contributed by atoms with E-state index in [0.717, 1.165) is 11.4 Å². The van der Waals surface area contributed by atoms with E-state index in [2.05, 4.69) is 4.74 Å². The van der Waals surface area contributed by atoms with Gasteiger partial charge >= 0.3 is 5.97 Å². The number of hydrogen-bond donors (Lipinski definition) is 2. The Morgan fingerprint density at radius 1 is 1.29 bits per heavy atom. The van der Waals surface area contributed by atoms with Gasteiger partial charge in [-0.25, -0.2) is 8.42 Å². The number of methoxy groups -OCH3 is 1. The fourth-order valence-electron chi connectivity index (χ4n) is 1.59. The van der Waals surface area contributed by atoms with Gasteiger partial charge in [-0.1, -0.05) is 18.2 Å². The standard InChI is InChI=1S/C12H17N3O5S/c1-20-12(17)8-21(18,19)15(7-11(14)16)6-9-4-2-3-5-10(9)13/h2-5H,6-8,13H2,1H3,(H2,14,16). The highest BCUT2D eigenvalue weighted by Crippen LogP contribution is 2.16. The second kappa shape index (κ2) is 7.04. The summed E-state index contributed by atoms with van der Waals surface area (Å²) in [6, 6.07) is 6.60. The lowest BCUT2D eigenvalue weighted by molar-refractivity contribution is -0.137. The Balaban J connectivity index is 3.03. The lowest BCUT2D eigenvalue weighted by Crippen LogP contribution is -2.41. The molecule has 0 heterocycles. The summed E-state index contributed by atoms with van der Waals surface area (Å²) in [5.41, 5.74) is 11.7. The number of para-hydroxylation sites is 1. The third-order valence-electron chi connectivity index (χ3n) is 2.66. The Bertz CT molecular complexity index is 630. The first kappa shape index (κ1) is 16.9. The molecule has 1 aromatic rings. The molecule has 0 saturated carbocycles. The number of sulfonamides is 1. The first-order chi connectivity index (χ1) is 9.76. The van der Waals surface area contributed by atoms with E-state index in [1.165, 1.54) is 0 Å². The largest absolute Gasteiger partial charge is 0.468 e. The molecule has 9 heteroatoms. The van der Waals surface area contributed by atoms with E-state index in [4.69, 9.17) is 11.5 Å². The number of hydrogen-bond acceptors (Lipinski definition) is 6. The molecule has 8 nitrogen and oxygen atoms in total. The predicted molar refractivity (Wildman–Crippen MR) is 76.3 cm³/mol. The number of amides is 1. The van der Waals surface area contributed by atoms with Gasteiger partial charge in [0, 0.05) is 12.2 Å². The summed E-state index contributed by atoms with van der Waals surface area (Å²) in [6.07, 6.45) is 0. The van der Waals surface area contributed by atoms with Crippen molar-refractivity contribution in [3.8, 4) is 0 Å². The Morgan fingerprint density at radius 2 is 1.90 bits per heavy atom. The average molecular weight is 315 g/mol. The van der Waals surface area contributed by atoms with Gasteiger partial charge in [0.2, 0.25) is 15.9 Å². The molecule has 0 aliphatic heterocycles. The van der Waals surface area contributed by atoms with Gasteiger partial charge in [0.05, 0.1) is 13.7 Å². The number of nitrogen functional groups attached to an aromatic ring is 1. The van der Waals surface area contributed by atoms with Crippen LogP contribution in [0.5, 0.6) is 0 Å². The van der Waals surface area contributed by atoms with Crippen molar-refractivity contribution in [1.29, 1.82) is 0 Å². The van der Waals surface area contributed by atoms with Gasteiger partial charge in [-0.05, 0) is 11.6 Å². The van der Waals surface area contributed by atoms with Crippen LogP contribution in [0, 0.1) is 0 Å². The van der Waals surface area contributed by atoms with Crippen LogP contribution in [-0.2, 0) is 30.9 Å². The summed E-state index contributed by atoms with van der Waals surface area (Å²) < 4.78 is 29.4. The van der Waals surface area contributed by atoms with E-state index in [-0.39, 0.29) is 6.54 Å². The van der Waals surface area contributed by atoms with Crippen LogP contribution in [0.3, 0.4) is 0 Å². The minimum absolute atomic E-state index is 0.158. The summed E-state index contributed by atoms with van der Waals surface area (Å²) in [4.78, 5) is 22.2. The van der Waals surface area contributed by atoms with E-state index in [0.29, 0.717) is 11.3 Å². The van der Waals surface area contributed by atoms with Crippen molar-refractivity contribution in [3.05, 3.63) is 29.8 Å². The molecule has 0 unspecified atom stereocenters. The zero-order valence-corrected chi connectivity index (χ0v) is 12.3. The van der Waals surface area contributed by atoms with Crippen molar-refractivity contribution >= 4 is 27.6 Å². The first-order valence-electron chi connectivity index (χ1n) is 5.92.